The predicted octanol–water partition coefficient (Wildman–Crippen LogP) is 0.426. The number of hydrogen-bond acceptors (Lipinski definition) is 2. The summed E-state index contributed by atoms with van der Waals surface area (Å²) in [6.45, 7) is 1.33. The Bertz CT molecular complexity index is 61.9. The highest BCUT2D eigenvalue weighted by atomic mass is 16.5. The minimum absolute atomic E-state index is 0.569. The van der Waals surface area contributed by atoms with Crippen molar-refractivity contribution in [2.75, 3.05) is 13.2 Å². The zero-order valence-corrected chi connectivity index (χ0v) is 3.53. The number of rotatable bonds is 0. The van der Waals surface area contributed by atoms with Crippen LogP contribution in [-0.2, 0) is 4.74 Å². The van der Waals surface area contributed by atoms with Crippen molar-refractivity contribution in [3.05, 3.63) is 0 Å². The standard InChI is InChI=1S/C4H7NO/c5-4-1-2-6-3-4/h5H,1-3H2. The van der Waals surface area contributed by atoms with Gasteiger partial charge in [-0.15, -0.1) is 0 Å². The number of hydrogen-bond donors (Lipinski definition) is 1. The highest BCUT2D eigenvalue weighted by Gasteiger charge is 2.03. The second-order valence-electron chi connectivity index (χ2n) is 1.41. The molecule has 0 atom stereocenters. The van der Waals surface area contributed by atoms with Crippen LogP contribution in [0.4, 0.5) is 0 Å². The quantitative estimate of drug-likeness (QED) is 0.454. The summed E-state index contributed by atoms with van der Waals surface area (Å²) in [6, 6.07) is 0. The van der Waals surface area contributed by atoms with Crippen molar-refractivity contribution >= 4 is 5.71 Å². The molecule has 6 heavy (non-hydrogen) atoms. The van der Waals surface area contributed by atoms with E-state index in [4.69, 9.17) is 10.1 Å². The van der Waals surface area contributed by atoms with Gasteiger partial charge in [0.15, 0.2) is 0 Å². The van der Waals surface area contributed by atoms with Crippen molar-refractivity contribution in [3.8, 4) is 0 Å². The molecule has 1 aliphatic heterocycles. The van der Waals surface area contributed by atoms with Gasteiger partial charge in [0.2, 0.25) is 0 Å². The van der Waals surface area contributed by atoms with Gasteiger partial charge in [0.1, 0.15) is 0 Å². The Labute approximate surface area is 36.6 Å². The summed E-state index contributed by atoms with van der Waals surface area (Å²) in [5, 5.41) is 6.92. The lowest BCUT2D eigenvalue weighted by molar-refractivity contribution is 0.209. The summed E-state index contributed by atoms with van der Waals surface area (Å²) in [4.78, 5) is 0. The first-order valence-electron chi connectivity index (χ1n) is 2.03. The minimum Gasteiger partial charge on any atom is -0.375 e. The molecule has 34 valence electrons. The van der Waals surface area contributed by atoms with Crippen LogP contribution < -0.4 is 0 Å². The van der Waals surface area contributed by atoms with Crippen LogP contribution in [0.1, 0.15) is 6.42 Å². The zero-order chi connectivity index (χ0) is 4.41. The van der Waals surface area contributed by atoms with Crippen LogP contribution in [0, 0.1) is 5.41 Å². The Morgan fingerprint density at radius 2 is 2.50 bits per heavy atom. The molecule has 2 heteroatoms. The third kappa shape index (κ3) is 0.571. The third-order valence-corrected chi connectivity index (χ3v) is 0.824. The number of ether oxygens (including phenoxy) is 1. The molecule has 1 rings (SSSR count). The zero-order valence-electron chi connectivity index (χ0n) is 3.53. The molecule has 0 spiro atoms. The molecule has 0 bridgehead atoms. The van der Waals surface area contributed by atoms with Gasteiger partial charge in [-0.25, -0.2) is 0 Å². The molecule has 0 aliphatic carbocycles. The minimum atomic E-state index is 0.569. The fourth-order valence-corrected chi connectivity index (χ4v) is 0.463. The number of nitrogens with one attached hydrogen (secondary N) is 1. The molecule has 1 aliphatic rings. The summed E-state index contributed by atoms with van der Waals surface area (Å²) in [6.07, 6.45) is 0.847. The third-order valence-electron chi connectivity index (χ3n) is 0.824. The molecule has 1 N–H and O–H groups in total. The van der Waals surface area contributed by atoms with Gasteiger partial charge in [-0.3, -0.25) is 0 Å². The Morgan fingerprint density at radius 1 is 1.67 bits per heavy atom. The Hall–Kier alpha value is -0.370. The van der Waals surface area contributed by atoms with Crippen molar-refractivity contribution in [1.29, 1.82) is 5.41 Å². The van der Waals surface area contributed by atoms with Crippen LogP contribution in [0.15, 0.2) is 0 Å². The molecule has 0 saturated carbocycles. The van der Waals surface area contributed by atoms with Crippen LogP contribution >= 0.6 is 0 Å². The fraction of sp³-hybridized carbons (Fsp3) is 0.750. The first-order chi connectivity index (χ1) is 2.89. The molecule has 2 nitrogen and oxygen atoms in total. The van der Waals surface area contributed by atoms with Crippen LogP contribution in [0.25, 0.3) is 0 Å². The van der Waals surface area contributed by atoms with E-state index in [1.54, 1.807) is 0 Å². The summed E-state index contributed by atoms with van der Waals surface area (Å²) in [5.74, 6) is 0. The van der Waals surface area contributed by atoms with Gasteiger partial charge < -0.3 is 10.1 Å². The SMILES string of the molecule is N=C1CCOC1. The highest BCUT2D eigenvalue weighted by molar-refractivity contribution is 5.83. The summed E-state index contributed by atoms with van der Waals surface area (Å²) in [7, 11) is 0. The first kappa shape index (κ1) is 3.81. The van der Waals surface area contributed by atoms with Gasteiger partial charge in [-0.05, 0) is 0 Å². The highest BCUT2D eigenvalue weighted by Crippen LogP contribution is 1.94. The largest absolute Gasteiger partial charge is 0.375 e. The lowest BCUT2D eigenvalue weighted by Gasteiger charge is -1.77. The second kappa shape index (κ2) is 1.39. The molecule has 0 aromatic rings. The average molecular weight is 85.1 g/mol. The second-order valence-corrected chi connectivity index (χ2v) is 1.41. The van der Waals surface area contributed by atoms with Gasteiger partial charge in [-0.1, -0.05) is 0 Å². The first-order valence-corrected chi connectivity index (χ1v) is 2.03. The predicted molar refractivity (Wildman–Crippen MR) is 23.2 cm³/mol. The van der Waals surface area contributed by atoms with Crippen molar-refractivity contribution in [1.82, 2.24) is 0 Å². The maximum absolute atomic E-state index is 6.92. The Balaban J connectivity index is 2.37. The molecule has 1 saturated heterocycles. The van der Waals surface area contributed by atoms with Crippen molar-refractivity contribution in [3.63, 3.8) is 0 Å². The van der Waals surface area contributed by atoms with Crippen LogP contribution in [0.2, 0.25) is 0 Å². The van der Waals surface area contributed by atoms with E-state index in [1.165, 1.54) is 0 Å². The van der Waals surface area contributed by atoms with Crippen LogP contribution in [0.5, 0.6) is 0 Å². The van der Waals surface area contributed by atoms with Gasteiger partial charge in [0.05, 0.1) is 13.2 Å². The summed E-state index contributed by atoms with van der Waals surface area (Å²) in [5.41, 5.74) is 0.731. The van der Waals surface area contributed by atoms with E-state index < -0.39 is 0 Å². The van der Waals surface area contributed by atoms with E-state index in [1.807, 2.05) is 0 Å². The normalized spacial score (nSPS) is 22.3. The van der Waals surface area contributed by atoms with Gasteiger partial charge in [0, 0.05) is 12.1 Å². The molecular weight excluding hydrogens is 78.0 g/mol. The monoisotopic (exact) mass is 85.1 g/mol. The smallest absolute Gasteiger partial charge is 0.0842 e. The molecule has 0 amide bonds. The van der Waals surface area contributed by atoms with E-state index in [-0.39, 0.29) is 0 Å². The maximum Gasteiger partial charge on any atom is 0.0842 e. The van der Waals surface area contributed by atoms with Gasteiger partial charge >= 0.3 is 0 Å². The average Bonchev–Trinajstić information content (AvgIpc) is 1.86. The van der Waals surface area contributed by atoms with Crippen molar-refractivity contribution in [2.24, 2.45) is 0 Å². The Morgan fingerprint density at radius 3 is 2.67 bits per heavy atom. The maximum atomic E-state index is 6.92. The van der Waals surface area contributed by atoms with E-state index in [2.05, 4.69) is 0 Å². The van der Waals surface area contributed by atoms with E-state index >= 15 is 0 Å². The topological polar surface area (TPSA) is 33.1 Å². The van der Waals surface area contributed by atoms with E-state index in [0.717, 1.165) is 18.7 Å². The molecule has 0 unspecified atom stereocenters. The molecule has 0 aromatic carbocycles. The molecule has 1 fully saturated rings. The lowest BCUT2D eigenvalue weighted by Crippen LogP contribution is -1.89. The van der Waals surface area contributed by atoms with Crippen LogP contribution in [0.3, 0.4) is 0 Å². The molecular formula is C4H7NO. The van der Waals surface area contributed by atoms with Crippen molar-refractivity contribution in [2.45, 2.75) is 6.42 Å². The van der Waals surface area contributed by atoms with E-state index in [9.17, 15) is 0 Å². The fourth-order valence-electron chi connectivity index (χ4n) is 0.463. The van der Waals surface area contributed by atoms with Crippen molar-refractivity contribution < 1.29 is 4.74 Å². The lowest BCUT2D eigenvalue weighted by atomic mass is 10.3. The summed E-state index contributed by atoms with van der Waals surface area (Å²) >= 11 is 0. The molecule has 0 aromatic heterocycles. The van der Waals surface area contributed by atoms with Gasteiger partial charge in [0.25, 0.3) is 0 Å². The molecule has 1 heterocycles. The van der Waals surface area contributed by atoms with Gasteiger partial charge in [-0.2, -0.15) is 0 Å². The molecule has 0 radical (unpaired) electrons. The van der Waals surface area contributed by atoms with E-state index in [0.29, 0.717) is 6.61 Å². The summed E-state index contributed by atoms with van der Waals surface area (Å²) < 4.78 is 4.83. The Kier molecular flexibility index (Phi) is 0.881. The van der Waals surface area contributed by atoms with Crippen LogP contribution in [-0.4, -0.2) is 18.9 Å².